The van der Waals surface area contributed by atoms with Crippen LogP contribution in [0.4, 0.5) is 0 Å². The molecular formula is C12H20N4O3S. The van der Waals surface area contributed by atoms with E-state index < -0.39 is 10.0 Å². The fourth-order valence-corrected chi connectivity index (χ4v) is 3.16. The molecule has 20 heavy (non-hydrogen) atoms. The van der Waals surface area contributed by atoms with Crippen molar-refractivity contribution in [2.45, 2.75) is 31.8 Å². The molecule has 0 radical (unpaired) electrons. The summed E-state index contributed by atoms with van der Waals surface area (Å²) in [5.41, 5.74) is 0. The topological polar surface area (TPSA) is 84.3 Å². The number of sulfonamides is 1. The molecule has 7 nitrogen and oxygen atoms in total. The van der Waals surface area contributed by atoms with Gasteiger partial charge in [-0.05, 0) is 25.8 Å². The lowest BCUT2D eigenvalue weighted by Gasteiger charge is -2.31. The molecule has 0 aromatic carbocycles. The summed E-state index contributed by atoms with van der Waals surface area (Å²) in [6.45, 7) is 2.70. The fraction of sp³-hybridized carbons (Fsp3) is 0.667. The Morgan fingerprint density at radius 2 is 2.05 bits per heavy atom. The number of hydrogen-bond acceptors (Lipinski definition) is 4. The Labute approximate surface area is 119 Å². The van der Waals surface area contributed by atoms with Gasteiger partial charge in [0.15, 0.2) is 0 Å². The van der Waals surface area contributed by atoms with Gasteiger partial charge >= 0.3 is 0 Å². The van der Waals surface area contributed by atoms with Crippen molar-refractivity contribution in [3.05, 3.63) is 18.5 Å². The maximum absolute atomic E-state index is 12.1. The van der Waals surface area contributed by atoms with Crippen molar-refractivity contribution in [1.29, 1.82) is 0 Å². The number of nitrogens with one attached hydrogen (secondary N) is 1. The van der Waals surface area contributed by atoms with E-state index in [1.54, 1.807) is 30.1 Å². The highest BCUT2D eigenvalue weighted by atomic mass is 32.2. The lowest BCUT2D eigenvalue weighted by Crippen LogP contribution is -2.47. The van der Waals surface area contributed by atoms with Gasteiger partial charge in [0.25, 0.3) is 0 Å². The van der Waals surface area contributed by atoms with Crippen LogP contribution in [0.5, 0.6) is 0 Å². The van der Waals surface area contributed by atoms with Crippen molar-refractivity contribution in [3.63, 3.8) is 0 Å². The lowest BCUT2D eigenvalue weighted by atomic mass is 10.1. The van der Waals surface area contributed by atoms with Crippen molar-refractivity contribution in [2.24, 2.45) is 0 Å². The van der Waals surface area contributed by atoms with Gasteiger partial charge in [0.1, 0.15) is 6.04 Å². The highest BCUT2D eigenvalue weighted by Crippen LogP contribution is 2.14. The number of amides is 1. The zero-order valence-electron chi connectivity index (χ0n) is 11.7. The van der Waals surface area contributed by atoms with E-state index in [0.29, 0.717) is 25.9 Å². The summed E-state index contributed by atoms with van der Waals surface area (Å²) in [7, 11) is -3.12. The van der Waals surface area contributed by atoms with Crippen LogP contribution in [0.3, 0.4) is 0 Å². The minimum absolute atomic E-state index is 0.0264. The second-order valence-corrected chi connectivity index (χ2v) is 7.09. The summed E-state index contributed by atoms with van der Waals surface area (Å²) >= 11 is 0. The molecule has 1 aliphatic heterocycles. The highest BCUT2D eigenvalue weighted by molar-refractivity contribution is 7.88. The van der Waals surface area contributed by atoms with Gasteiger partial charge in [-0.3, -0.25) is 9.48 Å². The molecule has 0 saturated carbocycles. The Bertz CT molecular complexity index is 547. The minimum atomic E-state index is -3.12. The Kier molecular flexibility index (Phi) is 4.44. The number of carbonyl (C=O) groups excluding carboxylic acids is 1. The Balaban J connectivity index is 1.85. The van der Waals surface area contributed by atoms with E-state index in [1.165, 1.54) is 10.6 Å². The van der Waals surface area contributed by atoms with Crippen LogP contribution < -0.4 is 5.32 Å². The monoisotopic (exact) mass is 300 g/mol. The van der Waals surface area contributed by atoms with E-state index >= 15 is 0 Å². The fourth-order valence-electron chi connectivity index (χ4n) is 2.28. The third kappa shape index (κ3) is 3.57. The maximum atomic E-state index is 12.1. The first kappa shape index (κ1) is 15.0. The predicted octanol–water partition coefficient (Wildman–Crippen LogP) is -0.0157. The molecule has 0 unspecified atom stereocenters. The normalized spacial score (nSPS) is 19.7. The molecule has 112 valence electrons. The van der Waals surface area contributed by atoms with Gasteiger partial charge in [-0.15, -0.1) is 0 Å². The molecule has 8 heteroatoms. The van der Waals surface area contributed by atoms with Crippen molar-refractivity contribution in [2.75, 3.05) is 19.3 Å². The molecule has 2 heterocycles. The Hall–Kier alpha value is -1.41. The van der Waals surface area contributed by atoms with Gasteiger partial charge in [0, 0.05) is 31.5 Å². The number of aromatic nitrogens is 2. The number of piperidine rings is 1. The molecular weight excluding hydrogens is 280 g/mol. The molecule has 1 aromatic heterocycles. The standard InChI is InChI=1S/C12H20N4O3S/c1-10(16-7-3-6-13-16)12(17)14-11-4-8-15(9-5-11)20(2,18)19/h3,6-7,10-11H,4-5,8-9H2,1-2H3,(H,14,17)/t10-/m1/s1. The number of nitrogens with zero attached hydrogens (tertiary/aromatic N) is 3. The van der Waals surface area contributed by atoms with Crippen molar-refractivity contribution in [1.82, 2.24) is 19.4 Å². The summed E-state index contributed by atoms with van der Waals surface area (Å²) in [6.07, 6.45) is 5.88. The molecule has 1 fully saturated rings. The van der Waals surface area contributed by atoms with Crippen molar-refractivity contribution in [3.8, 4) is 0 Å². The molecule has 1 saturated heterocycles. The lowest BCUT2D eigenvalue weighted by molar-refractivity contribution is -0.125. The molecule has 0 aliphatic carbocycles. The molecule has 1 atom stereocenters. The average molecular weight is 300 g/mol. The van der Waals surface area contributed by atoms with Crippen LogP contribution in [-0.4, -0.2) is 53.8 Å². The van der Waals surface area contributed by atoms with E-state index in [0.717, 1.165) is 0 Å². The van der Waals surface area contributed by atoms with Crippen LogP contribution >= 0.6 is 0 Å². The SMILES string of the molecule is C[C@H](C(=O)NC1CCN(S(C)(=O)=O)CC1)n1cccn1. The van der Waals surface area contributed by atoms with Crippen molar-refractivity contribution < 1.29 is 13.2 Å². The summed E-state index contributed by atoms with van der Waals surface area (Å²) in [5.74, 6) is -0.0912. The molecule has 1 N–H and O–H groups in total. The molecule has 0 spiro atoms. The van der Waals surface area contributed by atoms with Crippen LogP contribution in [0.25, 0.3) is 0 Å². The second kappa shape index (κ2) is 5.92. The first-order valence-electron chi connectivity index (χ1n) is 6.62. The minimum Gasteiger partial charge on any atom is -0.351 e. The molecule has 1 amide bonds. The van der Waals surface area contributed by atoms with E-state index in [9.17, 15) is 13.2 Å². The summed E-state index contributed by atoms with van der Waals surface area (Å²) in [4.78, 5) is 12.1. The summed E-state index contributed by atoms with van der Waals surface area (Å²) in [6, 6.07) is 1.44. The third-order valence-electron chi connectivity index (χ3n) is 3.57. The van der Waals surface area contributed by atoms with Gasteiger partial charge in [0.2, 0.25) is 15.9 Å². The van der Waals surface area contributed by atoms with Crippen LogP contribution in [0, 0.1) is 0 Å². The van der Waals surface area contributed by atoms with Crippen molar-refractivity contribution >= 4 is 15.9 Å². The largest absolute Gasteiger partial charge is 0.351 e. The maximum Gasteiger partial charge on any atom is 0.244 e. The van der Waals surface area contributed by atoms with Gasteiger partial charge in [-0.25, -0.2) is 12.7 Å². The van der Waals surface area contributed by atoms with Gasteiger partial charge in [-0.1, -0.05) is 0 Å². The van der Waals surface area contributed by atoms with Gasteiger partial charge in [-0.2, -0.15) is 5.10 Å². The molecule has 2 rings (SSSR count). The zero-order chi connectivity index (χ0) is 14.8. The Morgan fingerprint density at radius 3 is 2.55 bits per heavy atom. The van der Waals surface area contributed by atoms with E-state index in [2.05, 4.69) is 10.4 Å². The van der Waals surface area contributed by atoms with Crippen LogP contribution in [0.2, 0.25) is 0 Å². The summed E-state index contributed by atoms with van der Waals surface area (Å²) in [5, 5.41) is 7.00. The van der Waals surface area contributed by atoms with E-state index in [1.807, 2.05) is 0 Å². The van der Waals surface area contributed by atoms with Crippen LogP contribution in [0.1, 0.15) is 25.8 Å². The second-order valence-electron chi connectivity index (χ2n) is 5.11. The van der Waals surface area contributed by atoms with Gasteiger partial charge < -0.3 is 5.32 Å². The number of rotatable bonds is 4. The highest BCUT2D eigenvalue weighted by Gasteiger charge is 2.27. The smallest absolute Gasteiger partial charge is 0.244 e. The Morgan fingerprint density at radius 1 is 1.40 bits per heavy atom. The van der Waals surface area contributed by atoms with E-state index in [-0.39, 0.29) is 18.0 Å². The molecule has 1 aromatic rings. The number of hydrogen-bond donors (Lipinski definition) is 1. The predicted molar refractivity (Wildman–Crippen MR) is 74.5 cm³/mol. The average Bonchev–Trinajstić information content (AvgIpc) is 2.91. The third-order valence-corrected chi connectivity index (χ3v) is 4.87. The molecule has 1 aliphatic rings. The zero-order valence-corrected chi connectivity index (χ0v) is 12.5. The van der Waals surface area contributed by atoms with Crippen LogP contribution in [-0.2, 0) is 14.8 Å². The quantitative estimate of drug-likeness (QED) is 0.847. The first-order valence-corrected chi connectivity index (χ1v) is 8.47. The van der Waals surface area contributed by atoms with Gasteiger partial charge in [0.05, 0.1) is 6.26 Å². The van der Waals surface area contributed by atoms with E-state index in [4.69, 9.17) is 0 Å². The van der Waals surface area contributed by atoms with Crippen LogP contribution in [0.15, 0.2) is 18.5 Å². The number of carbonyl (C=O) groups is 1. The summed E-state index contributed by atoms with van der Waals surface area (Å²) < 4.78 is 25.9. The molecule has 0 bridgehead atoms. The first-order chi connectivity index (χ1) is 9.38.